The molecule has 0 bridgehead atoms. The van der Waals surface area contributed by atoms with Gasteiger partial charge >= 0.3 is 0 Å². The lowest BCUT2D eigenvalue weighted by molar-refractivity contribution is -0.119. The number of amides is 1. The van der Waals surface area contributed by atoms with Gasteiger partial charge in [0, 0.05) is 12.6 Å². The van der Waals surface area contributed by atoms with E-state index < -0.39 is 15.9 Å². The molecule has 22 heavy (non-hydrogen) atoms. The Morgan fingerprint density at radius 2 is 2.14 bits per heavy atom. The van der Waals surface area contributed by atoms with Gasteiger partial charge in [0.2, 0.25) is 5.91 Å². The molecule has 0 unspecified atom stereocenters. The smallest absolute Gasteiger partial charge is 0.274 e. The normalized spacial score (nSPS) is 10.7. The van der Waals surface area contributed by atoms with E-state index in [1.165, 1.54) is 13.1 Å². The van der Waals surface area contributed by atoms with E-state index in [-0.39, 0.29) is 10.8 Å². The van der Waals surface area contributed by atoms with Crippen LogP contribution in [0.25, 0.3) is 0 Å². The molecule has 0 atom stereocenters. The van der Waals surface area contributed by atoms with Crippen LogP contribution in [0, 0.1) is 12.3 Å². The summed E-state index contributed by atoms with van der Waals surface area (Å²) in [7, 11) is -2.36. The van der Waals surface area contributed by atoms with Crippen molar-refractivity contribution in [3.63, 3.8) is 0 Å². The topological polar surface area (TPSA) is 66.5 Å². The van der Waals surface area contributed by atoms with Gasteiger partial charge in [0.15, 0.2) is 0 Å². The summed E-state index contributed by atoms with van der Waals surface area (Å²) in [4.78, 5) is 11.7. The second-order valence-corrected chi connectivity index (χ2v) is 7.35. The largest absolute Gasteiger partial charge is 0.358 e. The summed E-state index contributed by atoms with van der Waals surface area (Å²) in [6, 6.07) is 9.67. The SMILES string of the molecule is C#Cc1cccc(N(CC(=O)NC)S(=O)(=O)c2cccs2)c1. The molecule has 1 heterocycles. The molecule has 0 saturated carbocycles. The van der Waals surface area contributed by atoms with Crippen LogP contribution < -0.4 is 9.62 Å². The molecule has 0 fully saturated rings. The number of nitrogens with zero attached hydrogens (tertiary/aromatic N) is 1. The van der Waals surface area contributed by atoms with Crippen molar-refractivity contribution in [2.24, 2.45) is 0 Å². The van der Waals surface area contributed by atoms with Crippen molar-refractivity contribution in [3.8, 4) is 12.3 Å². The van der Waals surface area contributed by atoms with Crippen LogP contribution >= 0.6 is 11.3 Å². The minimum absolute atomic E-state index is 0.169. The van der Waals surface area contributed by atoms with Gasteiger partial charge in [-0.3, -0.25) is 9.10 Å². The highest BCUT2D eigenvalue weighted by Gasteiger charge is 2.27. The summed E-state index contributed by atoms with van der Waals surface area (Å²) in [6.45, 7) is -0.315. The number of hydrogen-bond acceptors (Lipinski definition) is 4. The van der Waals surface area contributed by atoms with Crippen molar-refractivity contribution in [1.29, 1.82) is 0 Å². The van der Waals surface area contributed by atoms with Crippen molar-refractivity contribution >= 4 is 33.0 Å². The number of thiophene rings is 1. The van der Waals surface area contributed by atoms with E-state index in [4.69, 9.17) is 6.42 Å². The minimum atomic E-state index is -3.82. The van der Waals surface area contributed by atoms with Gasteiger partial charge in [-0.2, -0.15) is 0 Å². The van der Waals surface area contributed by atoms with Gasteiger partial charge in [0.05, 0.1) is 5.69 Å². The van der Waals surface area contributed by atoms with Crippen molar-refractivity contribution in [1.82, 2.24) is 5.32 Å². The molecule has 114 valence electrons. The van der Waals surface area contributed by atoms with Crippen molar-refractivity contribution in [3.05, 3.63) is 47.3 Å². The van der Waals surface area contributed by atoms with Gasteiger partial charge in [-0.05, 0) is 29.6 Å². The summed E-state index contributed by atoms with van der Waals surface area (Å²) in [5.41, 5.74) is 0.897. The van der Waals surface area contributed by atoms with Crippen molar-refractivity contribution < 1.29 is 13.2 Å². The lowest BCUT2D eigenvalue weighted by Crippen LogP contribution is -2.39. The molecule has 0 aliphatic heterocycles. The Labute approximate surface area is 133 Å². The summed E-state index contributed by atoms with van der Waals surface area (Å²) in [5, 5.41) is 4.10. The zero-order valence-corrected chi connectivity index (χ0v) is 13.4. The Morgan fingerprint density at radius 1 is 1.36 bits per heavy atom. The molecule has 0 spiro atoms. The number of benzene rings is 1. The van der Waals surface area contributed by atoms with Crippen molar-refractivity contribution in [2.45, 2.75) is 4.21 Å². The third-order valence-electron chi connectivity index (χ3n) is 2.91. The zero-order chi connectivity index (χ0) is 16.2. The standard InChI is InChI=1S/C15H14N2O3S2/c1-3-12-6-4-7-13(10-12)17(11-14(18)16-2)22(19,20)15-8-5-9-21-15/h1,4-10H,11H2,2H3,(H,16,18). The number of terminal acetylenes is 1. The van der Waals surface area contributed by atoms with E-state index in [0.717, 1.165) is 15.6 Å². The molecule has 1 amide bonds. The predicted molar refractivity (Wildman–Crippen MR) is 87.3 cm³/mol. The fourth-order valence-electron chi connectivity index (χ4n) is 1.79. The first-order chi connectivity index (χ1) is 10.5. The summed E-state index contributed by atoms with van der Waals surface area (Å²) >= 11 is 1.10. The molecule has 0 saturated heterocycles. The maximum absolute atomic E-state index is 12.7. The van der Waals surface area contributed by atoms with Crippen LogP contribution in [0.3, 0.4) is 0 Å². The highest BCUT2D eigenvalue weighted by atomic mass is 32.2. The van der Waals surface area contributed by atoms with Gasteiger partial charge in [-0.25, -0.2) is 8.42 Å². The quantitative estimate of drug-likeness (QED) is 0.846. The molecule has 2 aromatic rings. The van der Waals surface area contributed by atoms with Crippen LogP contribution in [0.4, 0.5) is 5.69 Å². The number of carbonyl (C=O) groups excluding carboxylic acids is 1. The van der Waals surface area contributed by atoms with Crippen LogP contribution in [-0.2, 0) is 14.8 Å². The lowest BCUT2D eigenvalue weighted by atomic mass is 10.2. The Hall–Kier alpha value is -2.30. The van der Waals surface area contributed by atoms with E-state index in [1.54, 1.807) is 35.7 Å². The second-order valence-electron chi connectivity index (χ2n) is 4.31. The van der Waals surface area contributed by atoms with Crippen LogP contribution in [0.2, 0.25) is 0 Å². The number of hydrogen-bond donors (Lipinski definition) is 1. The van der Waals surface area contributed by atoms with Gasteiger partial charge in [0.1, 0.15) is 10.8 Å². The molecular weight excluding hydrogens is 320 g/mol. The molecule has 1 aromatic heterocycles. The molecule has 7 heteroatoms. The highest BCUT2D eigenvalue weighted by Crippen LogP contribution is 2.26. The van der Waals surface area contributed by atoms with E-state index >= 15 is 0 Å². The fraction of sp³-hybridized carbons (Fsp3) is 0.133. The molecule has 0 aliphatic rings. The van der Waals surface area contributed by atoms with E-state index in [0.29, 0.717) is 11.3 Å². The minimum Gasteiger partial charge on any atom is -0.358 e. The number of carbonyl (C=O) groups is 1. The number of nitrogens with one attached hydrogen (secondary N) is 1. The molecular formula is C15H14N2O3S2. The average Bonchev–Trinajstić information content (AvgIpc) is 3.07. The maximum atomic E-state index is 12.7. The molecule has 0 radical (unpaired) electrons. The summed E-state index contributed by atoms with van der Waals surface area (Å²) < 4.78 is 26.7. The Morgan fingerprint density at radius 3 is 2.73 bits per heavy atom. The third kappa shape index (κ3) is 3.30. The van der Waals surface area contributed by atoms with Crippen molar-refractivity contribution in [2.75, 3.05) is 17.9 Å². The lowest BCUT2D eigenvalue weighted by Gasteiger charge is -2.23. The molecule has 0 aliphatic carbocycles. The predicted octanol–water partition coefficient (Wildman–Crippen LogP) is 1.67. The zero-order valence-electron chi connectivity index (χ0n) is 11.8. The average molecular weight is 334 g/mol. The second kappa shape index (κ2) is 6.64. The maximum Gasteiger partial charge on any atom is 0.274 e. The number of anilines is 1. The first kappa shape index (κ1) is 16.1. The molecule has 5 nitrogen and oxygen atoms in total. The van der Waals surface area contributed by atoms with E-state index in [9.17, 15) is 13.2 Å². The Kier molecular flexibility index (Phi) is 4.85. The van der Waals surface area contributed by atoms with Gasteiger partial charge in [-0.15, -0.1) is 17.8 Å². The molecule has 2 rings (SSSR count). The van der Waals surface area contributed by atoms with Crippen LogP contribution in [0.1, 0.15) is 5.56 Å². The Bertz CT molecular complexity index is 806. The highest BCUT2D eigenvalue weighted by molar-refractivity contribution is 7.94. The van der Waals surface area contributed by atoms with Crippen LogP contribution in [-0.4, -0.2) is 27.9 Å². The Balaban J connectivity index is 2.52. The fourth-order valence-corrected chi connectivity index (χ4v) is 4.31. The summed E-state index contributed by atoms with van der Waals surface area (Å²) in [5.74, 6) is 2.05. The molecule has 1 N–H and O–H groups in total. The molecule has 1 aromatic carbocycles. The van der Waals surface area contributed by atoms with Gasteiger partial charge in [0.25, 0.3) is 10.0 Å². The first-order valence-electron chi connectivity index (χ1n) is 6.32. The van der Waals surface area contributed by atoms with E-state index in [2.05, 4.69) is 11.2 Å². The van der Waals surface area contributed by atoms with Crippen LogP contribution in [0.5, 0.6) is 0 Å². The van der Waals surface area contributed by atoms with Gasteiger partial charge in [-0.1, -0.05) is 18.1 Å². The number of rotatable bonds is 5. The first-order valence-corrected chi connectivity index (χ1v) is 8.64. The summed E-state index contributed by atoms with van der Waals surface area (Å²) in [6.07, 6.45) is 5.35. The number of likely N-dealkylation sites (N-methyl/N-ethyl adjacent to an activating group) is 1. The monoisotopic (exact) mass is 334 g/mol. The van der Waals surface area contributed by atoms with E-state index in [1.807, 2.05) is 0 Å². The third-order valence-corrected chi connectivity index (χ3v) is 6.05. The van der Waals surface area contributed by atoms with Crippen LogP contribution in [0.15, 0.2) is 46.0 Å². The van der Waals surface area contributed by atoms with Gasteiger partial charge < -0.3 is 5.32 Å². The number of sulfonamides is 1.